The Morgan fingerprint density at radius 2 is 1.82 bits per heavy atom. The van der Waals surface area contributed by atoms with Gasteiger partial charge in [0.25, 0.3) is 11.5 Å². The predicted molar refractivity (Wildman–Crippen MR) is 176 cm³/mol. The number of anilines is 1. The molecule has 258 valence electrons. The average molecular weight is 680 g/mol. The van der Waals surface area contributed by atoms with Gasteiger partial charge in [-0.25, -0.2) is 18.0 Å². The van der Waals surface area contributed by atoms with E-state index in [1.165, 1.54) is 44.8 Å². The van der Waals surface area contributed by atoms with E-state index >= 15 is 0 Å². The summed E-state index contributed by atoms with van der Waals surface area (Å²) in [6.07, 6.45) is 4.61. The Morgan fingerprint density at radius 1 is 1.04 bits per heavy atom. The molecule has 1 saturated heterocycles. The number of hydrogen-bond donors (Lipinski definition) is 2. The molecule has 3 amide bonds. The van der Waals surface area contributed by atoms with Crippen molar-refractivity contribution in [3.8, 4) is 5.75 Å². The zero-order valence-corrected chi connectivity index (χ0v) is 27.0. The summed E-state index contributed by atoms with van der Waals surface area (Å²) in [5, 5.41) is 3.02. The molecule has 0 bridgehead atoms. The largest absolute Gasteiger partial charge is 0.486 e. The maximum Gasteiger partial charge on any atom is 0.410 e. The van der Waals surface area contributed by atoms with Gasteiger partial charge in [0.15, 0.2) is 6.10 Å². The molecular formula is C35H36F3N5O6. The van der Waals surface area contributed by atoms with E-state index in [-0.39, 0.29) is 48.9 Å². The summed E-state index contributed by atoms with van der Waals surface area (Å²) in [6, 6.07) is 10.1. The molecule has 0 spiro atoms. The standard InChI is InChI=1S/C35H36F3N5O6/c1-41(2)31(44)10-4-3-9-29(49-35(47)42-13-5-6-14-42)33(45)40-28-8-7-15-43(34(28)46)20-26-17-23-16-25(37)19-30(32(23)39-26)48-21-22-11-12-24(36)18-27(22)38/h4,7-8,10-12,15-19,29,39H,3,5-6,9,13-14,20-21H2,1-2H3,(H,40,45)/b10-4+/t29-/m0/s1. The maximum atomic E-state index is 14.5. The molecule has 2 aromatic heterocycles. The lowest BCUT2D eigenvalue weighted by atomic mass is 10.1. The molecular weight excluding hydrogens is 643 g/mol. The first-order valence-electron chi connectivity index (χ1n) is 15.7. The first kappa shape index (κ1) is 34.8. The molecule has 11 nitrogen and oxygen atoms in total. The Balaban J connectivity index is 1.30. The summed E-state index contributed by atoms with van der Waals surface area (Å²) in [4.78, 5) is 57.4. The quantitative estimate of drug-likeness (QED) is 0.195. The van der Waals surface area contributed by atoms with Crippen molar-refractivity contribution in [1.82, 2.24) is 19.4 Å². The van der Waals surface area contributed by atoms with E-state index in [4.69, 9.17) is 9.47 Å². The van der Waals surface area contributed by atoms with Crippen LogP contribution in [-0.4, -0.2) is 70.5 Å². The SMILES string of the molecule is CN(C)C(=O)/C=C/CC[C@H](OC(=O)N1CCCC1)C(=O)Nc1cccn(Cc2cc3cc(F)cc(OCc4ccc(F)cc4F)c3[nH]2)c1=O. The summed E-state index contributed by atoms with van der Waals surface area (Å²) >= 11 is 0. The van der Waals surface area contributed by atoms with Crippen molar-refractivity contribution in [1.29, 1.82) is 0 Å². The molecule has 1 atom stereocenters. The first-order valence-corrected chi connectivity index (χ1v) is 15.7. The van der Waals surface area contributed by atoms with Crippen LogP contribution in [0.5, 0.6) is 5.75 Å². The third-order valence-electron chi connectivity index (χ3n) is 7.93. The number of pyridine rings is 1. The number of likely N-dealkylation sites (tertiary alicyclic amines) is 1. The van der Waals surface area contributed by atoms with Gasteiger partial charge in [-0.1, -0.05) is 6.08 Å². The summed E-state index contributed by atoms with van der Waals surface area (Å²) in [7, 11) is 3.22. The Morgan fingerprint density at radius 3 is 2.55 bits per heavy atom. The molecule has 3 heterocycles. The zero-order valence-electron chi connectivity index (χ0n) is 27.0. The number of likely N-dealkylation sites (N-methyl/N-ethyl adjacent to an activating group) is 1. The van der Waals surface area contributed by atoms with Crippen LogP contribution in [0.4, 0.5) is 23.7 Å². The molecule has 0 radical (unpaired) electrons. The Bertz CT molecular complexity index is 1930. The minimum atomic E-state index is -1.23. The average Bonchev–Trinajstić information content (AvgIpc) is 3.74. The number of amides is 3. The van der Waals surface area contributed by atoms with Crippen LogP contribution in [0, 0.1) is 17.5 Å². The number of ether oxygens (including phenoxy) is 2. The highest BCUT2D eigenvalue weighted by molar-refractivity contribution is 5.95. The minimum Gasteiger partial charge on any atom is -0.486 e. The molecule has 0 saturated carbocycles. The minimum absolute atomic E-state index is 0.00292. The van der Waals surface area contributed by atoms with Gasteiger partial charge in [-0.05, 0) is 68.2 Å². The molecule has 4 aromatic rings. The number of aromatic nitrogens is 2. The lowest BCUT2D eigenvalue weighted by Gasteiger charge is -2.21. The smallest absolute Gasteiger partial charge is 0.410 e. The van der Waals surface area contributed by atoms with Crippen molar-refractivity contribution in [3.63, 3.8) is 0 Å². The van der Waals surface area contributed by atoms with Gasteiger partial charge in [0, 0.05) is 62.2 Å². The molecule has 0 unspecified atom stereocenters. The Hall–Kier alpha value is -5.53. The molecule has 1 fully saturated rings. The Kier molecular flexibility index (Phi) is 11.1. The zero-order chi connectivity index (χ0) is 35.1. The van der Waals surface area contributed by atoms with Crippen molar-refractivity contribution in [2.45, 2.75) is 44.9 Å². The van der Waals surface area contributed by atoms with Gasteiger partial charge < -0.3 is 34.1 Å². The van der Waals surface area contributed by atoms with E-state index < -0.39 is 41.1 Å². The molecule has 5 rings (SSSR count). The number of carbonyl (C=O) groups excluding carboxylic acids is 3. The molecule has 49 heavy (non-hydrogen) atoms. The van der Waals surface area contributed by atoms with Gasteiger partial charge in [0.05, 0.1) is 12.1 Å². The highest BCUT2D eigenvalue weighted by atomic mass is 19.1. The molecule has 2 aromatic carbocycles. The van der Waals surface area contributed by atoms with Crippen LogP contribution < -0.4 is 15.6 Å². The number of aromatic amines is 1. The van der Waals surface area contributed by atoms with Gasteiger partial charge in [-0.3, -0.25) is 14.4 Å². The number of allylic oxidation sites excluding steroid dienone is 1. The summed E-state index contributed by atoms with van der Waals surface area (Å²) < 4.78 is 54.4. The van der Waals surface area contributed by atoms with E-state index in [0.717, 1.165) is 31.0 Å². The lowest BCUT2D eigenvalue weighted by molar-refractivity contribution is -0.125. The van der Waals surface area contributed by atoms with E-state index in [9.17, 15) is 32.3 Å². The van der Waals surface area contributed by atoms with Crippen LogP contribution in [0.2, 0.25) is 0 Å². The van der Waals surface area contributed by atoms with Crippen molar-refractivity contribution < 1.29 is 37.0 Å². The number of carbonyl (C=O) groups is 3. The van der Waals surface area contributed by atoms with Crippen LogP contribution >= 0.6 is 0 Å². The molecule has 0 aliphatic carbocycles. The van der Waals surface area contributed by atoms with Crippen LogP contribution in [-0.2, 0) is 27.5 Å². The number of nitrogens with zero attached hydrogens (tertiary/aromatic N) is 3. The van der Waals surface area contributed by atoms with Crippen molar-refractivity contribution in [2.75, 3.05) is 32.5 Å². The first-order chi connectivity index (χ1) is 23.5. The van der Waals surface area contributed by atoms with E-state index in [2.05, 4.69) is 10.3 Å². The molecule has 1 aliphatic heterocycles. The van der Waals surface area contributed by atoms with Crippen molar-refractivity contribution in [3.05, 3.63) is 106 Å². The van der Waals surface area contributed by atoms with Crippen molar-refractivity contribution in [2.24, 2.45) is 0 Å². The van der Waals surface area contributed by atoms with Crippen LogP contribution in [0.15, 0.2) is 71.7 Å². The molecule has 1 aliphatic rings. The molecule has 14 heteroatoms. The fraction of sp³-hybridized carbons (Fsp3) is 0.314. The van der Waals surface area contributed by atoms with E-state index in [0.29, 0.717) is 29.7 Å². The second-order valence-corrected chi connectivity index (χ2v) is 11.8. The number of halogens is 3. The van der Waals surface area contributed by atoms with Gasteiger partial charge in [0.2, 0.25) is 5.91 Å². The summed E-state index contributed by atoms with van der Waals surface area (Å²) in [5.41, 5.74) is 0.381. The molecule has 2 N–H and O–H groups in total. The lowest BCUT2D eigenvalue weighted by Crippen LogP contribution is -2.39. The number of rotatable bonds is 12. The number of hydrogen-bond acceptors (Lipinski definition) is 6. The number of fused-ring (bicyclic) bond motifs is 1. The van der Waals surface area contributed by atoms with Crippen LogP contribution in [0.1, 0.15) is 36.9 Å². The van der Waals surface area contributed by atoms with Gasteiger partial charge in [-0.2, -0.15) is 0 Å². The number of H-pyrrole nitrogens is 1. The number of nitrogens with one attached hydrogen (secondary N) is 2. The fourth-order valence-corrected chi connectivity index (χ4v) is 5.30. The third-order valence-corrected chi connectivity index (χ3v) is 7.93. The predicted octanol–water partition coefficient (Wildman–Crippen LogP) is 5.34. The summed E-state index contributed by atoms with van der Waals surface area (Å²) in [6.45, 7) is 0.769. The monoisotopic (exact) mass is 679 g/mol. The van der Waals surface area contributed by atoms with Gasteiger partial charge in [0.1, 0.15) is 35.5 Å². The maximum absolute atomic E-state index is 14.5. The van der Waals surface area contributed by atoms with Crippen LogP contribution in [0.3, 0.4) is 0 Å². The summed E-state index contributed by atoms with van der Waals surface area (Å²) in [5.74, 6) is -2.97. The second kappa shape index (κ2) is 15.6. The highest BCUT2D eigenvalue weighted by Gasteiger charge is 2.28. The van der Waals surface area contributed by atoms with E-state index in [1.807, 2.05) is 0 Å². The van der Waals surface area contributed by atoms with Gasteiger partial charge in [-0.15, -0.1) is 0 Å². The Labute approximate surface area is 279 Å². The highest BCUT2D eigenvalue weighted by Crippen LogP contribution is 2.29. The fourth-order valence-electron chi connectivity index (χ4n) is 5.30. The van der Waals surface area contributed by atoms with Gasteiger partial charge >= 0.3 is 6.09 Å². The normalized spacial score (nSPS) is 13.5. The number of benzene rings is 2. The second-order valence-electron chi connectivity index (χ2n) is 11.8. The van der Waals surface area contributed by atoms with Crippen LogP contribution in [0.25, 0.3) is 10.9 Å². The topological polar surface area (TPSA) is 126 Å². The third kappa shape index (κ3) is 8.89. The van der Waals surface area contributed by atoms with E-state index in [1.54, 1.807) is 32.3 Å². The van der Waals surface area contributed by atoms with Crippen molar-refractivity contribution >= 4 is 34.5 Å².